The predicted octanol–water partition coefficient (Wildman–Crippen LogP) is 4.70. The van der Waals surface area contributed by atoms with Gasteiger partial charge in [0.2, 0.25) is 5.91 Å². The predicted molar refractivity (Wildman–Crippen MR) is 133 cm³/mol. The number of nitrogens with zero attached hydrogens (tertiary/aromatic N) is 1. The fraction of sp³-hybridized carbons (Fsp3) is 0.259. The van der Waals surface area contributed by atoms with Gasteiger partial charge in [-0.25, -0.2) is 4.79 Å². The lowest BCUT2D eigenvalue weighted by molar-refractivity contribution is -0.119. The van der Waals surface area contributed by atoms with Crippen molar-refractivity contribution < 1.29 is 23.9 Å². The molecule has 8 heteroatoms. The molecule has 2 aromatic carbocycles. The molecular formula is C27H24N2O5S. The molecule has 1 atom stereocenters. The van der Waals surface area contributed by atoms with Crippen LogP contribution in [0.5, 0.6) is 0 Å². The first kappa shape index (κ1) is 23.0. The number of carbonyl (C=O) groups excluding carboxylic acids is 4. The van der Waals surface area contributed by atoms with Crippen molar-refractivity contribution in [3.63, 3.8) is 0 Å². The fourth-order valence-electron chi connectivity index (χ4n) is 4.76. The summed E-state index contributed by atoms with van der Waals surface area (Å²) in [6, 6.07) is 11.6. The SMILES string of the molecule is COC(=O)c1c(-c2ccc3c(c2)CCCC3)csc1NC(=O)C(C)N1C(=O)c2ccccc2C1=O. The molecule has 1 aliphatic heterocycles. The Balaban J connectivity index is 1.43. The van der Waals surface area contributed by atoms with E-state index in [1.165, 1.54) is 42.9 Å². The molecule has 5 rings (SSSR count). The van der Waals surface area contributed by atoms with E-state index in [9.17, 15) is 19.2 Å². The van der Waals surface area contributed by atoms with Gasteiger partial charge in [-0.2, -0.15) is 0 Å². The number of thiophene rings is 1. The Labute approximate surface area is 206 Å². The number of hydrogen-bond acceptors (Lipinski definition) is 6. The smallest absolute Gasteiger partial charge is 0.341 e. The van der Waals surface area contributed by atoms with Crippen LogP contribution in [0.2, 0.25) is 0 Å². The molecule has 2 heterocycles. The van der Waals surface area contributed by atoms with Crippen LogP contribution in [0.1, 0.15) is 62.0 Å². The Morgan fingerprint density at radius 3 is 2.29 bits per heavy atom. The standard InChI is InChI=1S/C27H24N2O5S/c1-15(29-25(31)19-9-5-6-10-20(19)26(29)32)23(30)28-24-22(27(33)34-2)21(14-35-24)18-12-11-16-7-3-4-8-17(16)13-18/h5-6,9-15H,3-4,7-8H2,1-2H3,(H,28,30). The number of methoxy groups -OCH3 is 1. The van der Waals surface area contributed by atoms with Crippen LogP contribution in [0.15, 0.2) is 47.8 Å². The summed E-state index contributed by atoms with van der Waals surface area (Å²) in [5, 5.41) is 4.89. The van der Waals surface area contributed by atoms with Gasteiger partial charge in [-0.3, -0.25) is 19.3 Å². The molecule has 1 aromatic heterocycles. The van der Waals surface area contributed by atoms with Gasteiger partial charge in [0, 0.05) is 10.9 Å². The second-order valence-corrected chi connectivity index (χ2v) is 9.61. The summed E-state index contributed by atoms with van der Waals surface area (Å²) < 4.78 is 5.03. The normalized spacial score (nSPS) is 15.4. The number of aryl methyl sites for hydroxylation is 2. The van der Waals surface area contributed by atoms with Crippen LogP contribution in [0, 0.1) is 0 Å². The molecule has 2 aliphatic rings. The summed E-state index contributed by atoms with van der Waals surface area (Å²) in [5.74, 6) is -2.16. The molecular weight excluding hydrogens is 464 g/mol. The third-order valence-electron chi connectivity index (χ3n) is 6.67. The van der Waals surface area contributed by atoms with Crippen molar-refractivity contribution in [1.29, 1.82) is 0 Å². The van der Waals surface area contributed by atoms with Crippen LogP contribution in [0.4, 0.5) is 5.00 Å². The number of benzene rings is 2. The van der Waals surface area contributed by atoms with Crippen molar-refractivity contribution in [2.45, 2.75) is 38.6 Å². The molecule has 0 radical (unpaired) electrons. The van der Waals surface area contributed by atoms with Gasteiger partial charge in [0.05, 0.1) is 18.2 Å². The lowest BCUT2D eigenvalue weighted by atomic mass is 9.89. The third kappa shape index (κ3) is 3.93. The zero-order valence-corrected chi connectivity index (χ0v) is 20.2. The highest BCUT2D eigenvalue weighted by atomic mass is 32.1. The minimum atomic E-state index is -1.07. The van der Waals surface area contributed by atoms with E-state index in [-0.39, 0.29) is 16.7 Å². The summed E-state index contributed by atoms with van der Waals surface area (Å²) >= 11 is 1.21. The summed E-state index contributed by atoms with van der Waals surface area (Å²) in [7, 11) is 1.30. The van der Waals surface area contributed by atoms with E-state index >= 15 is 0 Å². The van der Waals surface area contributed by atoms with Crippen molar-refractivity contribution in [2.75, 3.05) is 12.4 Å². The lowest BCUT2D eigenvalue weighted by Gasteiger charge is -2.21. The van der Waals surface area contributed by atoms with Crippen molar-refractivity contribution in [1.82, 2.24) is 4.90 Å². The molecule has 0 fully saturated rings. The molecule has 1 unspecified atom stereocenters. The minimum Gasteiger partial charge on any atom is -0.465 e. The van der Waals surface area contributed by atoms with Gasteiger partial charge >= 0.3 is 5.97 Å². The molecule has 7 nitrogen and oxygen atoms in total. The monoisotopic (exact) mass is 488 g/mol. The number of fused-ring (bicyclic) bond motifs is 2. The Morgan fingerprint density at radius 1 is 0.971 bits per heavy atom. The molecule has 1 N–H and O–H groups in total. The van der Waals surface area contributed by atoms with Crippen molar-refractivity contribution in [2.24, 2.45) is 0 Å². The second-order valence-electron chi connectivity index (χ2n) is 8.73. The number of amides is 3. The number of esters is 1. The largest absolute Gasteiger partial charge is 0.465 e. The number of hydrogen-bond donors (Lipinski definition) is 1. The maximum atomic E-state index is 13.1. The maximum Gasteiger partial charge on any atom is 0.341 e. The first-order chi connectivity index (χ1) is 16.9. The van der Waals surface area contributed by atoms with E-state index in [0.717, 1.165) is 29.7 Å². The highest BCUT2D eigenvalue weighted by Crippen LogP contribution is 2.38. The van der Waals surface area contributed by atoms with Crippen molar-refractivity contribution >= 4 is 40.0 Å². The number of anilines is 1. The second kappa shape index (κ2) is 9.11. The zero-order chi connectivity index (χ0) is 24.7. The average Bonchev–Trinajstić information content (AvgIpc) is 3.41. The Hall–Kier alpha value is -3.78. The molecule has 0 spiro atoms. The molecule has 178 valence electrons. The van der Waals surface area contributed by atoms with Gasteiger partial charge in [-0.1, -0.05) is 30.3 Å². The van der Waals surface area contributed by atoms with Crippen molar-refractivity contribution in [3.8, 4) is 11.1 Å². The van der Waals surface area contributed by atoms with Crippen LogP contribution < -0.4 is 5.32 Å². The Bertz CT molecular complexity index is 1340. The number of ether oxygens (including phenoxy) is 1. The van der Waals surface area contributed by atoms with Gasteiger partial charge in [0.25, 0.3) is 11.8 Å². The van der Waals surface area contributed by atoms with Crippen LogP contribution in [0.3, 0.4) is 0 Å². The first-order valence-corrected chi connectivity index (χ1v) is 12.4. The highest BCUT2D eigenvalue weighted by Gasteiger charge is 2.41. The summed E-state index contributed by atoms with van der Waals surface area (Å²) in [6.45, 7) is 1.49. The van der Waals surface area contributed by atoms with Gasteiger partial charge < -0.3 is 10.1 Å². The zero-order valence-electron chi connectivity index (χ0n) is 19.4. The van der Waals surface area contributed by atoms with Crippen LogP contribution in [-0.2, 0) is 22.4 Å². The lowest BCUT2D eigenvalue weighted by Crippen LogP contribution is -2.45. The van der Waals surface area contributed by atoms with Crippen LogP contribution >= 0.6 is 11.3 Å². The Morgan fingerprint density at radius 2 is 1.63 bits per heavy atom. The molecule has 1 aliphatic carbocycles. The van der Waals surface area contributed by atoms with E-state index < -0.39 is 29.7 Å². The van der Waals surface area contributed by atoms with E-state index in [1.54, 1.807) is 24.3 Å². The van der Waals surface area contributed by atoms with Crippen molar-refractivity contribution in [3.05, 3.63) is 75.7 Å². The average molecular weight is 489 g/mol. The number of nitrogens with one attached hydrogen (secondary N) is 1. The molecule has 0 saturated heterocycles. The number of rotatable bonds is 5. The van der Waals surface area contributed by atoms with Gasteiger partial charge in [-0.15, -0.1) is 11.3 Å². The van der Waals surface area contributed by atoms with E-state index in [2.05, 4.69) is 17.4 Å². The van der Waals surface area contributed by atoms with Crippen LogP contribution in [0.25, 0.3) is 11.1 Å². The third-order valence-corrected chi connectivity index (χ3v) is 7.56. The Kier molecular flexibility index (Phi) is 5.98. The van der Waals surface area contributed by atoms with Gasteiger partial charge in [0.1, 0.15) is 16.6 Å². The van der Waals surface area contributed by atoms with E-state index in [4.69, 9.17) is 4.74 Å². The molecule has 3 aromatic rings. The van der Waals surface area contributed by atoms with Gasteiger partial charge in [-0.05, 0) is 61.4 Å². The van der Waals surface area contributed by atoms with Crippen LogP contribution in [-0.4, -0.2) is 41.7 Å². The molecule has 3 amide bonds. The summed E-state index contributed by atoms with van der Waals surface area (Å²) in [5.41, 5.74) is 4.99. The fourth-order valence-corrected chi connectivity index (χ4v) is 5.72. The summed E-state index contributed by atoms with van der Waals surface area (Å²) in [6.07, 6.45) is 4.38. The van der Waals surface area contributed by atoms with E-state index in [1.807, 2.05) is 11.4 Å². The summed E-state index contributed by atoms with van der Waals surface area (Å²) in [4.78, 5) is 52.4. The molecule has 0 bridgehead atoms. The molecule has 0 saturated carbocycles. The quantitative estimate of drug-likeness (QED) is 0.415. The highest BCUT2D eigenvalue weighted by molar-refractivity contribution is 7.15. The number of carbonyl (C=O) groups is 4. The number of imide groups is 1. The maximum absolute atomic E-state index is 13.1. The van der Waals surface area contributed by atoms with E-state index in [0.29, 0.717) is 10.6 Å². The van der Waals surface area contributed by atoms with Gasteiger partial charge in [0.15, 0.2) is 0 Å². The minimum absolute atomic E-state index is 0.260. The topological polar surface area (TPSA) is 92.8 Å². The first-order valence-electron chi connectivity index (χ1n) is 11.5. The molecule has 35 heavy (non-hydrogen) atoms.